The number of hydrogen-bond donors (Lipinski definition) is 2. The van der Waals surface area contributed by atoms with E-state index in [0.717, 1.165) is 0 Å². The van der Waals surface area contributed by atoms with Crippen molar-refractivity contribution in [1.29, 1.82) is 0 Å². The molecule has 8 heteroatoms. The molecule has 2 heterocycles. The lowest BCUT2D eigenvalue weighted by atomic mass is 10.1. The summed E-state index contributed by atoms with van der Waals surface area (Å²) >= 11 is 0. The smallest absolute Gasteiger partial charge is 0.332 e. The van der Waals surface area contributed by atoms with Gasteiger partial charge in [-0.1, -0.05) is 0 Å². The molecule has 0 aromatic carbocycles. The number of aliphatic hydroxyl groups excluding tert-OH is 2. The zero-order valence-corrected chi connectivity index (χ0v) is 14.1. The van der Waals surface area contributed by atoms with Crippen molar-refractivity contribution in [3.63, 3.8) is 0 Å². The monoisotopic (exact) mass is 334 g/mol. The summed E-state index contributed by atoms with van der Waals surface area (Å²) in [6.07, 6.45) is -4.09. The lowest BCUT2D eigenvalue weighted by molar-refractivity contribution is -0.231. The van der Waals surface area contributed by atoms with Gasteiger partial charge in [-0.15, -0.1) is 0 Å². The van der Waals surface area contributed by atoms with Gasteiger partial charge in [0.1, 0.15) is 36.6 Å². The molecule has 23 heavy (non-hydrogen) atoms. The van der Waals surface area contributed by atoms with Crippen molar-refractivity contribution in [2.75, 3.05) is 13.2 Å². The Labute approximate surface area is 135 Å². The lowest BCUT2D eigenvalue weighted by Crippen LogP contribution is -2.45. The van der Waals surface area contributed by atoms with Crippen LogP contribution >= 0.6 is 0 Å². The van der Waals surface area contributed by atoms with Gasteiger partial charge >= 0.3 is 5.97 Å². The number of aliphatic hydroxyl groups is 2. The molecule has 2 saturated heterocycles. The van der Waals surface area contributed by atoms with E-state index in [-0.39, 0.29) is 6.61 Å². The predicted molar refractivity (Wildman–Crippen MR) is 77.4 cm³/mol. The Bertz CT molecular complexity index is 430. The fraction of sp³-hybridized carbons (Fsp3) is 0.933. The molecular formula is C15H26O8. The summed E-state index contributed by atoms with van der Waals surface area (Å²) in [5.74, 6) is -1.38. The third-order valence-corrected chi connectivity index (χ3v) is 3.41. The number of ether oxygens (including phenoxy) is 5. The summed E-state index contributed by atoms with van der Waals surface area (Å²) in [6, 6.07) is 0. The quantitative estimate of drug-likeness (QED) is 0.674. The van der Waals surface area contributed by atoms with Gasteiger partial charge in [-0.05, 0) is 34.6 Å². The van der Waals surface area contributed by atoms with Gasteiger partial charge in [0, 0.05) is 0 Å². The second kappa shape index (κ2) is 6.62. The molecule has 0 aromatic heterocycles. The number of carbonyl (C=O) groups excluding carboxylic acids is 1. The lowest BCUT2D eigenvalue weighted by Gasteiger charge is -2.28. The highest BCUT2D eigenvalue weighted by Gasteiger charge is 2.57. The van der Waals surface area contributed by atoms with E-state index in [2.05, 4.69) is 0 Å². The Kier molecular flexibility index (Phi) is 5.34. The van der Waals surface area contributed by atoms with E-state index < -0.39 is 54.7 Å². The van der Waals surface area contributed by atoms with Gasteiger partial charge < -0.3 is 33.9 Å². The molecular weight excluding hydrogens is 308 g/mol. The standard InChI is InChI=1S/C15H26O8/c1-14(2,3)21-9(18)7-19-11-10(8(17)6-16)20-13-12(11)22-15(4,5)23-13/h8,10-13,16-17H,6-7H2,1-5H3/t8?,10-,11+,12-,13-/m1/s1. The maximum absolute atomic E-state index is 11.8. The number of rotatable bonds is 5. The van der Waals surface area contributed by atoms with Crippen LogP contribution in [0.15, 0.2) is 0 Å². The van der Waals surface area contributed by atoms with E-state index in [4.69, 9.17) is 28.8 Å². The Morgan fingerprint density at radius 2 is 1.96 bits per heavy atom. The molecule has 2 N–H and O–H groups in total. The van der Waals surface area contributed by atoms with Crippen LogP contribution in [0.1, 0.15) is 34.6 Å². The molecule has 134 valence electrons. The van der Waals surface area contributed by atoms with Gasteiger partial charge in [-0.2, -0.15) is 0 Å². The summed E-state index contributed by atoms with van der Waals surface area (Å²) in [4.78, 5) is 11.8. The van der Waals surface area contributed by atoms with Crippen LogP contribution in [0.4, 0.5) is 0 Å². The minimum Gasteiger partial charge on any atom is -0.458 e. The Morgan fingerprint density at radius 3 is 2.52 bits per heavy atom. The van der Waals surface area contributed by atoms with Crippen LogP contribution < -0.4 is 0 Å². The van der Waals surface area contributed by atoms with Crippen LogP contribution in [0.5, 0.6) is 0 Å². The predicted octanol–water partition coefficient (Wildman–Crippen LogP) is -0.0571. The summed E-state index contributed by atoms with van der Waals surface area (Å²) in [5.41, 5.74) is -0.617. The summed E-state index contributed by atoms with van der Waals surface area (Å²) < 4.78 is 27.7. The molecule has 5 atom stereocenters. The van der Waals surface area contributed by atoms with Gasteiger partial charge in [0.15, 0.2) is 12.1 Å². The van der Waals surface area contributed by atoms with Gasteiger partial charge in [0.2, 0.25) is 0 Å². The van der Waals surface area contributed by atoms with Crippen LogP contribution in [0.3, 0.4) is 0 Å². The van der Waals surface area contributed by atoms with Crippen LogP contribution in [0, 0.1) is 0 Å². The van der Waals surface area contributed by atoms with E-state index in [1.807, 2.05) is 0 Å². The number of esters is 1. The van der Waals surface area contributed by atoms with Crippen LogP contribution in [0.2, 0.25) is 0 Å². The highest BCUT2D eigenvalue weighted by Crippen LogP contribution is 2.39. The third-order valence-electron chi connectivity index (χ3n) is 3.41. The normalized spacial score (nSPS) is 34.2. The summed E-state index contributed by atoms with van der Waals surface area (Å²) in [7, 11) is 0. The second-order valence-electron chi connectivity index (χ2n) is 7.18. The fourth-order valence-electron chi connectivity index (χ4n) is 2.64. The van der Waals surface area contributed by atoms with E-state index in [0.29, 0.717) is 0 Å². The summed E-state index contributed by atoms with van der Waals surface area (Å²) in [6.45, 7) is 7.93. The molecule has 0 spiro atoms. The first-order chi connectivity index (χ1) is 10.5. The van der Waals surface area contributed by atoms with E-state index >= 15 is 0 Å². The minimum atomic E-state index is -1.17. The third kappa shape index (κ3) is 4.62. The Balaban J connectivity index is 2.01. The first-order valence-electron chi connectivity index (χ1n) is 7.66. The highest BCUT2D eigenvalue weighted by atomic mass is 16.8. The average Bonchev–Trinajstić information content (AvgIpc) is 2.85. The van der Waals surface area contributed by atoms with E-state index in [1.54, 1.807) is 34.6 Å². The van der Waals surface area contributed by atoms with Crippen molar-refractivity contribution in [2.45, 2.75) is 76.7 Å². The van der Waals surface area contributed by atoms with Gasteiger partial charge in [-0.3, -0.25) is 0 Å². The molecule has 0 bridgehead atoms. The average molecular weight is 334 g/mol. The summed E-state index contributed by atoms with van der Waals surface area (Å²) in [5, 5.41) is 19.0. The zero-order valence-electron chi connectivity index (χ0n) is 14.1. The van der Waals surface area contributed by atoms with E-state index in [1.165, 1.54) is 0 Å². The molecule has 0 saturated carbocycles. The van der Waals surface area contributed by atoms with Crippen LogP contribution in [-0.4, -0.2) is 71.5 Å². The largest absolute Gasteiger partial charge is 0.458 e. The first-order valence-corrected chi connectivity index (χ1v) is 7.66. The van der Waals surface area contributed by atoms with Crippen molar-refractivity contribution < 1.29 is 38.7 Å². The van der Waals surface area contributed by atoms with Crippen molar-refractivity contribution in [3.05, 3.63) is 0 Å². The molecule has 2 aliphatic heterocycles. The zero-order chi connectivity index (χ0) is 17.4. The molecule has 0 aromatic rings. The maximum Gasteiger partial charge on any atom is 0.332 e. The second-order valence-corrected chi connectivity index (χ2v) is 7.18. The van der Waals surface area contributed by atoms with E-state index in [9.17, 15) is 9.90 Å². The van der Waals surface area contributed by atoms with Crippen molar-refractivity contribution in [3.8, 4) is 0 Å². The number of fused-ring (bicyclic) bond motifs is 1. The molecule has 2 rings (SSSR count). The first kappa shape index (κ1) is 18.6. The van der Waals surface area contributed by atoms with Gasteiger partial charge in [0.25, 0.3) is 0 Å². The Hall–Kier alpha value is -0.770. The molecule has 2 aliphatic rings. The fourth-order valence-corrected chi connectivity index (χ4v) is 2.64. The maximum atomic E-state index is 11.8. The number of hydrogen-bond acceptors (Lipinski definition) is 8. The molecule has 1 unspecified atom stereocenters. The van der Waals surface area contributed by atoms with Crippen molar-refractivity contribution in [2.24, 2.45) is 0 Å². The molecule has 0 aliphatic carbocycles. The molecule has 2 fully saturated rings. The molecule has 0 amide bonds. The van der Waals surface area contributed by atoms with Crippen molar-refractivity contribution in [1.82, 2.24) is 0 Å². The Morgan fingerprint density at radius 1 is 1.30 bits per heavy atom. The van der Waals surface area contributed by atoms with Gasteiger partial charge in [0.05, 0.1) is 6.61 Å². The topological polar surface area (TPSA) is 104 Å². The van der Waals surface area contributed by atoms with Crippen molar-refractivity contribution >= 4 is 5.97 Å². The van der Waals surface area contributed by atoms with Crippen LogP contribution in [-0.2, 0) is 28.5 Å². The number of carbonyl (C=O) groups is 1. The highest BCUT2D eigenvalue weighted by molar-refractivity contribution is 5.71. The molecule has 0 radical (unpaired) electrons. The van der Waals surface area contributed by atoms with Gasteiger partial charge in [-0.25, -0.2) is 4.79 Å². The minimum absolute atomic E-state index is 0.313. The van der Waals surface area contributed by atoms with Crippen LogP contribution in [0.25, 0.3) is 0 Å². The SMILES string of the molecule is CC(C)(C)OC(=O)CO[C@@H]1[C@H]2OC(C)(C)O[C@H]2O[C@@H]1C(O)CO. The molecule has 8 nitrogen and oxygen atoms in total.